The molecule has 1 fully saturated rings. The molecule has 1 N–H and O–H groups in total. The molecule has 0 atom stereocenters. The van der Waals surface area contributed by atoms with Crippen LogP contribution in [0.15, 0.2) is 18.2 Å². The fraction of sp³-hybridized carbons (Fsp3) is 0.588. The van der Waals surface area contributed by atoms with E-state index in [1.807, 2.05) is 0 Å². The minimum Gasteiger partial charge on any atom is -0.327 e. The van der Waals surface area contributed by atoms with Crippen LogP contribution in [0.25, 0.3) is 11.0 Å². The molecule has 3 rings (SSSR count). The molecular formula is C17H26N4. The zero-order valence-electron chi connectivity index (χ0n) is 13.4. The number of nitrogens with one attached hydrogen (secondary N) is 1. The third kappa shape index (κ3) is 3.27. The van der Waals surface area contributed by atoms with Crippen LogP contribution in [0.3, 0.4) is 0 Å². The van der Waals surface area contributed by atoms with E-state index >= 15 is 0 Å². The number of hydrogen-bond donors (Lipinski definition) is 1. The summed E-state index contributed by atoms with van der Waals surface area (Å²) >= 11 is 0. The Labute approximate surface area is 127 Å². The van der Waals surface area contributed by atoms with Crippen molar-refractivity contribution in [1.82, 2.24) is 19.8 Å². The van der Waals surface area contributed by atoms with Gasteiger partial charge in [-0.05, 0) is 70.6 Å². The predicted octanol–water partition coefficient (Wildman–Crippen LogP) is 2.41. The lowest BCUT2D eigenvalue weighted by atomic mass is 9.98. The Balaban J connectivity index is 1.95. The molecule has 0 bridgehead atoms. The summed E-state index contributed by atoms with van der Waals surface area (Å²) in [5.74, 6) is 1.96. The predicted molar refractivity (Wildman–Crippen MR) is 87.5 cm³/mol. The summed E-state index contributed by atoms with van der Waals surface area (Å²) in [5.41, 5.74) is 3.71. The molecule has 0 amide bonds. The van der Waals surface area contributed by atoms with Crippen molar-refractivity contribution in [1.29, 1.82) is 0 Å². The van der Waals surface area contributed by atoms with Gasteiger partial charge in [0, 0.05) is 6.54 Å². The molecular weight excluding hydrogens is 260 g/mol. The van der Waals surface area contributed by atoms with E-state index in [1.165, 1.54) is 29.7 Å². The second-order valence-electron chi connectivity index (χ2n) is 6.56. The van der Waals surface area contributed by atoms with Crippen molar-refractivity contribution in [2.24, 2.45) is 5.92 Å². The summed E-state index contributed by atoms with van der Waals surface area (Å²) < 4.78 is 2.45. The van der Waals surface area contributed by atoms with Gasteiger partial charge in [-0.3, -0.25) is 0 Å². The Morgan fingerprint density at radius 1 is 1.29 bits per heavy atom. The first kappa shape index (κ1) is 14.5. The minimum atomic E-state index is 0.769. The van der Waals surface area contributed by atoms with E-state index in [2.05, 4.69) is 54.0 Å². The number of aromatic nitrogens is 2. The Kier molecular flexibility index (Phi) is 4.27. The summed E-state index contributed by atoms with van der Waals surface area (Å²) in [6.45, 7) is 6.44. The van der Waals surface area contributed by atoms with Gasteiger partial charge in [0.15, 0.2) is 0 Å². The van der Waals surface area contributed by atoms with E-state index in [1.54, 1.807) is 0 Å². The standard InChI is InChI=1S/C17H26N4/c1-13-4-5-16-15(10-13)19-17(12-20(2)3)21(16)11-14-6-8-18-9-7-14/h4-5,10,14,18H,6-9,11-12H2,1-3H3. The van der Waals surface area contributed by atoms with Crippen LogP contribution in [0.5, 0.6) is 0 Å². The van der Waals surface area contributed by atoms with Crippen LogP contribution in [0, 0.1) is 12.8 Å². The summed E-state index contributed by atoms with van der Waals surface area (Å²) in [4.78, 5) is 7.09. The lowest BCUT2D eigenvalue weighted by Gasteiger charge is -2.24. The Morgan fingerprint density at radius 3 is 2.76 bits per heavy atom. The van der Waals surface area contributed by atoms with Gasteiger partial charge in [-0.25, -0.2) is 4.98 Å². The molecule has 2 heterocycles. The summed E-state index contributed by atoms with van der Waals surface area (Å²) in [7, 11) is 4.22. The van der Waals surface area contributed by atoms with Crippen LogP contribution in [0.2, 0.25) is 0 Å². The number of aryl methyl sites for hydroxylation is 1. The molecule has 0 saturated carbocycles. The molecule has 21 heavy (non-hydrogen) atoms. The highest BCUT2D eigenvalue weighted by molar-refractivity contribution is 5.76. The number of imidazole rings is 1. The molecule has 1 aliphatic rings. The monoisotopic (exact) mass is 286 g/mol. The first-order valence-corrected chi connectivity index (χ1v) is 7.94. The molecule has 4 heteroatoms. The van der Waals surface area contributed by atoms with Crippen molar-refractivity contribution in [3.05, 3.63) is 29.6 Å². The molecule has 0 radical (unpaired) electrons. The highest BCUT2D eigenvalue weighted by atomic mass is 15.2. The largest absolute Gasteiger partial charge is 0.327 e. The summed E-state index contributed by atoms with van der Waals surface area (Å²) in [6.07, 6.45) is 2.54. The molecule has 1 aliphatic heterocycles. The maximum Gasteiger partial charge on any atom is 0.124 e. The highest BCUT2D eigenvalue weighted by Gasteiger charge is 2.18. The number of fused-ring (bicyclic) bond motifs is 1. The normalized spacial score (nSPS) is 17.0. The maximum absolute atomic E-state index is 4.88. The van der Waals surface area contributed by atoms with Crippen molar-refractivity contribution < 1.29 is 0 Å². The fourth-order valence-corrected chi connectivity index (χ4v) is 3.22. The SMILES string of the molecule is Cc1ccc2c(c1)nc(CN(C)C)n2CC1CCNCC1. The van der Waals surface area contributed by atoms with Gasteiger partial charge in [-0.1, -0.05) is 6.07 Å². The molecule has 0 spiro atoms. The van der Waals surface area contributed by atoms with Gasteiger partial charge in [0.2, 0.25) is 0 Å². The maximum atomic E-state index is 4.88. The fourth-order valence-electron chi connectivity index (χ4n) is 3.22. The van der Waals surface area contributed by atoms with Crippen molar-refractivity contribution in [2.45, 2.75) is 32.9 Å². The minimum absolute atomic E-state index is 0.769. The van der Waals surface area contributed by atoms with Crippen LogP contribution in [0.1, 0.15) is 24.2 Å². The molecule has 0 unspecified atom stereocenters. The highest BCUT2D eigenvalue weighted by Crippen LogP contribution is 2.23. The first-order chi connectivity index (χ1) is 10.1. The molecule has 0 aliphatic carbocycles. The Bertz CT molecular complexity index is 609. The van der Waals surface area contributed by atoms with E-state index in [9.17, 15) is 0 Å². The van der Waals surface area contributed by atoms with Crippen molar-refractivity contribution in [3.63, 3.8) is 0 Å². The van der Waals surface area contributed by atoms with Gasteiger partial charge in [0.1, 0.15) is 5.82 Å². The third-order valence-electron chi connectivity index (χ3n) is 4.34. The quantitative estimate of drug-likeness (QED) is 0.937. The van der Waals surface area contributed by atoms with E-state index < -0.39 is 0 Å². The van der Waals surface area contributed by atoms with Crippen molar-refractivity contribution >= 4 is 11.0 Å². The topological polar surface area (TPSA) is 33.1 Å². The smallest absolute Gasteiger partial charge is 0.124 e. The van der Waals surface area contributed by atoms with Crippen LogP contribution in [-0.4, -0.2) is 41.6 Å². The lowest BCUT2D eigenvalue weighted by molar-refractivity contribution is 0.321. The first-order valence-electron chi connectivity index (χ1n) is 7.94. The molecule has 1 saturated heterocycles. The molecule has 114 valence electrons. The van der Waals surface area contributed by atoms with Gasteiger partial charge < -0.3 is 14.8 Å². The summed E-state index contributed by atoms with van der Waals surface area (Å²) in [5, 5.41) is 3.45. The number of benzene rings is 1. The number of nitrogens with zero attached hydrogens (tertiary/aromatic N) is 3. The van der Waals surface area contributed by atoms with Gasteiger partial charge in [0.05, 0.1) is 17.6 Å². The number of rotatable bonds is 4. The van der Waals surface area contributed by atoms with Crippen molar-refractivity contribution in [2.75, 3.05) is 27.2 Å². The molecule has 4 nitrogen and oxygen atoms in total. The van der Waals surface area contributed by atoms with E-state index in [-0.39, 0.29) is 0 Å². The average Bonchev–Trinajstić information content (AvgIpc) is 2.76. The molecule has 1 aromatic heterocycles. The van der Waals surface area contributed by atoms with Gasteiger partial charge >= 0.3 is 0 Å². The third-order valence-corrected chi connectivity index (χ3v) is 4.34. The van der Waals surface area contributed by atoms with Gasteiger partial charge in [-0.2, -0.15) is 0 Å². The number of hydrogen-bond acceptors (Lipinski definition) is 3. The van der Waals surface area contributed by atoms with Crippen LogP contribution < -0.4 is 5.32 Å². The van der Waals surface area contributed by atoms with E-state index in [4.69, 9.17) is 4.98 Å². The molecule has 1 aromatic carbocycles. The number of piperidine rings is 1. The van der Waals surface area contributed by atoms with Gasteiger partial charge in [0.25, 0.3) is 0 Å². The van der Waals surface area contributed by atoms with Crippen molar-refractivity contribution in [3.8, 4) is 0 Å². The zero-order valence-corrected chi connectivity index (χ0v) is 13.4. The second kappa shape index (κ2) is 6.16. The zero-order chi connectivity index (χ0) is 14.8. The Morgan fingerprint density at radius 2 is 2.05 bits per heavy atom. The van der Waals surface area contributed by atoms with Crippen LogP contribution in [0.4, 0.5) is 0 Å². The second-order valence-corrected chi connectivity index (χ2v) is 6.56. The van der Waals surface area contributed by atoms with Crippen LogP contribution in [-0.2, 0) is 13.1 Å². The van der Waals surface area contributed by atoms with Crippen LogP contribution >= 0.6 is 0 Å². The summed E-state index contributed by atoms with van der Waals surface area (Å²) in [6, 6.07) is 6.63. The van der Waals surface area contributed by atoms with Gasteiger partial charge in [-0.15, -0.1) is 0 Å². The average molecular weight is 286 g/mol. The van der Waals surface area contributed by atoms with E-state index in [0.717, 1.165) is 37.6 Å². The van der Waals surface area contributed by atoms with E-state index in [0.29, 0.717) is 0 Å². The molecule has 2 aromatic rings. The Hall–Kier alpha value is -1.39. The lowest BCUT2D eigenvalue weighted by Crippen LogP contribution is -2.30.